The molecule has 1 rings (SSSR count). The highest BCUT2D eigenvalue weighted by molar-refractivity contribution is 5.71. The normalized spacial score (nSPS) is 10.7. The third kappa shape index (κ3) is 10.1. The van der Waals surface area contributed by atoms with Crippen molar-refractivity contribution in [1.82, 2.24) is 5.32 Å². The summed E-state index contributed by atoms with van der Waals surface area (Å²) in [7, 11) is 0. The van der Waals surface area contributed by atoms with E-state index in [-0.39, 0.29) is 26.2 Å². The van der Waals surface area contributed by atoms with Crippen LogP contribution in [0.3, 0.4) is 0 Å². The van der Waals surface area contributed by atoms with Crippen LogP contribution in [0.4, 0.5) is 4.79 Å². The van der Waals surface area contributed by atoms with Gasteiger partial charge in [-0.15, -0.1) is 0 Å². The van der Waals surface area contributed by atoms with Crippen LogP contribution in [0.2, 0.25) is 0 Å². The highest BCUT2D eigenvalue weighted by Gasteiger charge is 2.15. The van der Waals surface area contributed by atoms with Gasteiger partial charge in [-0.1, -0.05) is 0 Å². The lowest BCUT2D eigenvalue weighted by Crippen LogP contribution is -2.33. The molecule has 0 aromatic heterocycles. The first-order chi connectivity index (χ1) is 11.8. The topological polar surface area (TPSA) is 83.1 Å². The number of ether oxygens (including phenoxy) is 4. The molecule has 0 unspecified atom stereocenters. The first kappa shape index (κ1) is 20.6. The number of nitrogens with one attached hydrogen (secondary N) is 1. The Morgan fingerprint density at radius 2 is 1.60 bits per heavy atom. The number of amides is 1. The van der Waals surface area contributed by atoms with Gasteiger partial charge in [-0.25, -0.2) is 4.79 Å². The average Bonchev–Trinajstić information content (AvgIpc) is 2.51. The maximum atomic E-state index is 11.6. The smallest absolute Gasteiger partial charge is 0.407 e. The van der Waals surface area contributed by atoms with Crippen molar-refractivity contribution in [2.75, 3.05) is 26.4 Å². The van der Waals surface area contributed by atoms with E-state index >= 15 is 0 Å². The molecule has 1 amide bonds. The number of benzene rings is 1. The summed E-state index contributed by atoms with van der Waals surface area (Å²) in [6, 6.07) is 7.20. The number of esters is 1. The summed E-state index contributed by atoms with van der Waals surface area (Å²) >= 11 is 0. The molecule has 1 N–H and O–H groups in total. The fourth-order valence-corrected chi connectivity index (χ4v) is 1.77. The van der Waals surface area contributed by atoms with Crippen LogP contribution in [0, 0.1) is 0 Å². The van der Waals surface area contributed by atoms with Crippen LogP contribution >= 0.6 is 0 Å². The Labute approximate surface area is 148 Å². The number of alkyl carbamates (subject to hydrolysis) is 1. The van der Waals surface area contributed by atoms with Crippen LogP contribution in [0.5, 0.6) is 11.5 Å². The van der Waals surface area contributed by atoms with E-state index < -0.39 is 17.7 Å². The molecule has 0 heterocycles. The zero-order valence-electron chi connectivity index (χ0n) is 15.3. The summed E-state index contributed by atoms with van der Waals surface area (Å²) in [6.07, 6.45) is -0.485. The van der Waals surface area contributed by atoms with Crippen molar-refractivity contribution in [2.45, 2.75) is 39.7 Å². The molecule has 0 spiro atoms. The number of carbonyl (C=O) groups is 2. The molecule has 0 bridgehead atoms. The molecule has 0 aliphatic rings. The zero-order valence-corrected chi connectivity index (χ0v) is 15.3. The number of hydrogen-bond donors (Lipinski definition) is 1. The SMILES string of the molecule is CCOc1ccc(OCCOC(=O)CCNC(=O)OC(C)(C)C)cc1. The summed E-state index contributed by atoms with van der Waals surface area (Å²) in [6.45, 7) is 8.38. The summed E-state index contributed by atoms with van der Waals surface area (Å²) in [5.41, 5.74) is -0.567. The molecule has 0 aliphatic carbocycles. The summed E-state index contributed by atoms with van der Waals surface area (Å²) in [5, 5.41) is 2.50. The standard InChI is InChI=1S/C18H27NO6/c1-5-22-14-6-8-15(9-7-14)23-12-13-24-16(20)10-11-19-17(21)25-18(2,3)4/h6-9H,5,10-13H2,1-4H3,(H,19,21). The van der Waals surface area contributed by atoms with E-state index in [1.165, 1.54) is 0 Å². The fourth-order valence-electron chi connectivity index (χ4n) is 1.77. The van der Waals surface area contributed by atoms with Gasteiger partial charge in [-0.3, -0.25) is 4.79 Å². The van der Waals surface area contributed by atoms with Gasteiger partial charge in [0.05, 0.1) is 13.0 Å². The third-order valence-corrected chi connectivity index (χ3v) is 2.75. The van der Waals surface area contributed by atoms with Crippen LogP contribution in [0.1, 0.15) is 34.1 Å². The van der Waals surface area contributed by atoms with E-state index in [1.807, 2.05) is 19.1 Å². The number of carbonyl (C=O) groups excluding carboxylic acids is 2. The largest absolute Gasteiger partial charge is 0.494 e. The van der Waals surface area contributed by atoms with E-state index in [9.17, 15) is 9.59 Å². The second kappa shape index (κ2) is 10.4. The van der Waals surface area contributed by atoms with Gasteiger partial charge in [-0.2, -0.15) is 0 Å². The van der Waals surface area contributed by atoms with E-state index in [0.29, 0.717) is 12.4 Å². The van der Waals surface area contributed by atoms with Crippen molar-refractivity contribution in [3.05, 3.63) is 24.3 Å². The molecule has 7 heteroatoms. The van der Waals surface area contributed by atoms with Gasteiger partial charge in [0.15, 0.2) is 0 Å². The molecule has 25 heavy (non-hydrogen) atoms. The van der Waals surface area contributed by atoms with Crippen LogP contribution in [-0.2, 0) is 14.3 Å². The fraction of sp³-hybridized carbons (Fsp3) is 0.556. The van der Waals surface area contributed by atoms with Gasteiger partial charge < -0.3 is 24.3 Å². The van der Waals surface area contributed by atoms with Crippen molar-refractivity contribution in [1.29, 1.82) is 0 Å². The highest BCUT2D eigenvalue weighted by Crippen LogP contribution is 2.17. The maximum absolute atomic E-state index is 11.6. The van der Waals surface area contributed by atoms with Gasteiger partial charge >= 0.3 is 12.1 Å². The average molecular weight is 353 g/mol. The Balaban J connectivity index is 2.11. The Bertz CT molecular complexity index is 535. The molecule has 0 radical (unpaired) electrons. The Morgan fingerprint density at radius 3 is 2.16 bits per heavy atom. The lowest BCUT2D eigenvalue weighted by molar-refractivity contribution is -0.144. The van der Waals surface area contributed by atoms with Gasteiger partial charge in [0.2, 0.25) is 0 Å². The van der Waals surface area contributed by atoms with Crippen LogP contribution in [0.25, 0.3) is 0 Å². The molecular weight excluding hydrogens is 326 g/mol. The van der Waals surface area contributed by atoms with Crippen molar-refractivity contribution in [2.24, 2.45) is 0 Å². The van der Waals surface area contributed by atoms with Gasteiger partial charge in [0, 0.05) is 6.54 Å². The summed E-state index contributed by atoms with van der Waals surface area (Å²) in [5.74, 6) is 1.04. The molecule has 0 atom stereocenters. The second-order valence-electron chi connectivity index (χ2n) is 6.15. The van der Waals surface area contributed by atoms with Crippen LogP contribution < -0.4 is 14.8 Å². The quantitative estimate of drug-likeness (QED) is 0.543. The molecule has 0 saturated carbocycles. The minimum absolute atomic E-state index is 0.0717. The zero-order chi connectivity index (χ0) is 18.7. The van der Waals surface area contributed by atoms with E-state index in [1.54, 1.807) is 32.9 Å². The molecule has 0 saturated heterocycles. The van der Waals surface area contributed by atoms with Crippen LogP contribution in [-0.4, -0.2) is 44.0 Å². The molecule has 1 aromatic carbocycles. The predicted octanol–water partition coefficient (Wildman–Crippen LogP) is 2.92. The second-order valence-corrected chi connectivity index (χ2v) is 6.15. The maximum Gasteiger partial charge on any atom is 0.407 e. The third-order valence-electron chi connectivity index (χ3n) is 2.75. The van der Waals surface area contributed by atoms with Gasteiger partial charge in [0.25, 0.3) is 0 Å². The molecule has 7 nitrogen and oxygen atoms in total. The van der Waals surface area contributed by atoms with E-state index in [4.69, 9.17) is 18.9 Å². The Morgan fingerprint density at radius 1 is 1.00 bits per heavy atom. The predicted molar refractivity (Wildman–Crippen MR) is 92.9 cm³/mol. The van der Waals surface area contributed by atoms with E-state index in [0.717, 1.165) is 5.75 Å². The minimum Gasteiger partial charge on any atom is -0.494 e. The van der Waals surface area contributed by atoms with Crippen molar-refractivity contribution in [3.63, 3.8) is 0 Å². The van der Waals surface area contributed by atoms with Crippen molar-refractivity contribution >= 4 is 12.1 Å². The van der Waals surface area contributed by atoms with Crippen molar-refractivity contribution < 1.29 is 28.5 Å². The Kier molecular flexibility index (Phi) is 8.60. The molecule has 140 valence electrons. The lowest BCUT2D eigenvalue weighted by Gasteiger charge is -2.19. The van der Waals surface area contributed by atoms with Crippen molar-refractivity contribution in [3.8, 4) is 11.5 Å². The molecule has 1 aromatic rings. The first-order valence-electron chi connectivity index (χ1n) is 8.28. The molecule has 0 fully saturated rings. The Hall–Kier alpha value is -2.44. The summed E-state index contributed by atoms with van der Waals surface area (Å²) < 4.78 is 20.9. The minimum atomic E-state index is -0.567. The number of hydrogen-bond acceptors (Lipinski definition) is 6. The van der Waals surface area contributed by atoms with E-state index in [2.05, 4.69) is 5.32 Å². The summed E-state index contributed by atoms with van der Waals surface area (Å²) in [4.78, 5) is 23.0. The first-order valence-corrected chi connectivity index (χ1v) is 8.28. The molecular formula is C18H27NO6. The van der Waals surface area contributed by atoms with Crippen LogP contribution in [0.15, 0.2) is 24.3 Å². The number of rotatable bonds is 9. The highest BCUT2D eigenvalue weighted by atomic mass is 16.6. The van der Waals surface area contributed by atoms with Gasteiger partial charge in [-0.05, 0) is 52.0 Å². The monoisotopic (exact) mass is 353 g/mol. The lowest BCUT2D eigenvalue weighted by atomic mass is 10.2. The molecule has 0 aliphatic heterocycles. The van der Waals surface area contributed by atoms with Gasteiger partial charge in [0.1, 0.15) is 30.3 Å².